The summed E-state index contributed by atoms with van der Waals surface area (Å²) in [5.41, 5.74) is 2.01. The molecule has 0 aliphatic carbocycles. The van der Waals surface area contributed by atoms with E-state index in [1.807, 2.05) is 12.1 Å². The number of aromatic nitrogens is 4. The van der Waals surface area contributed by atoms with E-state index in [4.69, 9.17) is 4.74 Å². The number of carbonyl (C=O) groups is 1. The molecule has 0 amide bonds. The highest BCUT2D eigenvalue weighted by molar-refractivity contribution is 5.89. The van der Waals surface area contributed by atoms with E-state index in [1.165, 1.54) is 6.20 Å². The molecule has 4 rings (SSSR count). The molecule has 2 aromatic heterocycles. The summed E-state index contributed by atoms with van der Waals surface area (Å²) in [5.74, 6) is 0.262. The van der Waals surface area contributed by atoms with Gasteiger partial charge in [0.25, 0.3) is 5.56 Å². The normalized spacial score (nSPS) is 14.5. The van der Waals surface area contributed by atoms with Gasteiger partial charge in [0.05, 0.1) is 18.4 Å². The Kier molecular flexibility index (Phi) is 4.72. The van der Waals surface area contributed by atoms with E-state index in [0.29, 0.717) is 29.2 Å². The van der Waals surface area contributed by atoms with Crippen LogP contribution in [0.4, 0.5) is 11.6 Å². The minimum Gasteiger partial charge on any atom is -0.462 e. The number of anilines is 2. The van der Waals surface area contributed by atoms with Crippen LogP contribution in [0.1, 0.15) is 17.3 Å². The highest BCUT2D eigenvalue weighted by atomic mass is 16.5. The molecule has 0 bridgehead atoms. The van der Waals surface area contributed by atoms with Crippen LogP contribution in [0.3, 0.4) is 0 Å². The molecule has 28 heavy (non-hydrogen) atoms. The van der Waals surface area contributed by atoms with Gasteiger partial charge in [-0.15, -0.1) is 0 Å². The molecule has 0 atom stereocenters. The topological polar surface area (TPSA) is 96.3 Å². The molecule has 0 unspecified atom stereocenters. The lowest BCUT2D eigenvalue weighted by atomic mass is 10.2. The van der Waals surface area contributed by atoms with Crippen LogP contribution in [-0.2, 0) is 11.8 Å². The highest BCUT2D eigenvalue weighted by Crippen LogP contribution is 2.20. The minimum absolute atomic E-state index is 0.176. The second kappa shape index (κ2) is 7.34. The zero-order valence-electron chi connectivity index (χ0n) is 15.9. The molecule has 3 aromatic rings. The number of esters is 1. The van der Waals surface area contributed by atoms with Crippen molar-refractivity contribution in [1.29, 1.82) is 0 Å². The molecule has 1 fully saturated rings. The second-order valence-electron chi connectivity index (χ2n) is 6.64. The van der Waals surface area contributed by atoms with E-state index in [-0.39, 0.29) is 11.5 Å². The number of piperazine rings is 1. The lowest BCUT2D eigenvalue weighted by Gasteiger charge is -2.36. The van der Waals surface area contributed by atoms with Gasteiger partial charge in [-0.05, 0) is 31.2 Å². The Morgan fingerprint density at radius 2 is 1.82 bits per heavy atom. The molecule has 1 aliphatic rings. The summed E-state index contributed by atoms with van der Waals surface area (Å²) in [6.07, 6.45) is 1.53. The summed E-state index contributed by atoms with van der Waals surface area (Å²) in [7, 11) is 1.77. The van der Waals surface area contributed by atoms with Crippen molar-refractivity contribution < 1.29 is 9.53 Å². The highest BCUT2D eigenvalue weighted by Gasteiger charge is 2.20. The Balaban J connectivity index is 1.45. The van der Waals surface area contributed by atoms with Crippen molar-refractivity contribution in [2.24, 2.45) is 7.05 Å². The molecule has 0 saturated carbocycles. The van der Waals surface area contributed by atoms with Crippen molar-refractivity contribution in [1.82, 2.24) is 19.7 Å². The van der Waals surface area contributed by atoms with Gasteiger partial charge in [-0.25, -0.2) is 4.79 Å². The lowest BCUT2D eigenvalue weighted by Crippen LogP contribution is -2.47. The number of benzene rings is 1. The van der Waals surface area contributed by atoms with Crippen LogP contribution < -0.4 is 15.4 Å². The van der Waals surface area contributed by atoms with Crippen molar-refractivity contribution in [3.05, 3.63) is 46.4 Å². The number of ether oxygens (including phenoxy) is 1. The van der Waals surface area contributed by atoms with Crippen molar-refractivity contribution in [2.45, 2.75) is 6.92 Å². The fraction of sp³-hybridized carbons (Fsp3) is 0.368. The lowest BCUT2D eigenvalue weighted by molar-refractivity contribution is 0.0526. The summed E-state index contributed by atoms with van der Waals surface area (Å²) >= 11 is 0. The fourth-order valence-corrected chi connectivity index (χ4v) is 3.37. The van der Waals surface area contributed by atoms with Crippen LogP contribution in [0.2, 0.25) is 0 Å². The van der Waals surface area contributed by atoms with Gasteiger partial charge >= 0.3 is 5.97 Å². The first-order chi connectivity index (χ1) is 13.6. The molecule has 1 saturated heterocycles. The number of nitrogens with zero attached hydrogens (tertiary/aromatic N) is 5. The van der Waals surface area contributed by atoms with E-state index in [2.05, 4.69) is 24.9 Å². The number of hydrogen-bond donors (Lipinski definition) is 1. The summed E-state index contributed by atoms with van der Waals surface area (Å²) in [6.45, 7) is 5.18. The summed E-state index contributed by atoms with van der Waals surface area (Å²) in [6, 6.07) is 7.44. The van der Waals surface area contributed by atoms with Crippen molar-refractivity contribution >= 4 is 28.6 Å². The van der Waals surface area contributed by atoms with Gasteiger partial charge in [0.15, 0.2) is 5.65 Å². The Hall–Kier alpha value is -3.36. The fourth-order valence-electron chi connectivity index (χ4n) is 3.37. The third-order valence-electron chi connectivity index (χ3n) is 4.91. The molecular formula is C19H22N6O3. The predicted octanol–water partition coefficient (Wildman–Crippen LogP) is 1.16. The zero-order chi connectivity index (χ0) is 19.7. The number of hydrogen-bond acceptors (Lipinski definition) is 7. The number of carbonyl (C=O) groups excluding carboxylic acids is 1. The van der Waals surface area contributed by atoms with E-state index in [1.54, 1.807) is 30.8 Å². The van der Waals surface area contributed by atoms with Crippen LogP contribution in [0.5, 0.6) is 0 Å². The van der Waals surface area contributed by atoms with Crippen LogP contribution in [0.25, 0.3) is 11.0 Å². The maximum absolute atomic E-state index is 12.3. The van der Waals surface area contributed by atoms with Crippen LogP contribution in [0.15, 0.2) is 35.3 Å². The zero-order valence-corrected chi connectivity index (χ0v) is 15.9. The average molecular weight is 382 g/mol. The molecule has 1 aliphatic heterocycles. The number of aryl methyl sites for hydroxylation is 1. The monoisotopic (exact) mass is 382 g/mol. The molecule has 3 heterocycles. The smallest absolute Gasteiger partial charge is 0.338 e. The number of aromatic amines is 1. The number of nitrogens with one attached hydrogen (secondary N) is 1. The van der Waals surface area contributed by atoms with Gasteiger partial charge < -0.3 is 14.5 Å². The third kappa shape index (κ3) is 3.30. The van der Waals surface area contributed by atoms with Crippen molar-refractivity contribution in [3.63, 3.8) is 0 Å². The quantitative estimate of drug-likeness (QED) is 0.677. The summed E-state index contributed by atoms with van der Waals surface area (Å²) in [5, 5.41) is 4.59. The van der Waals surface area contributed by atoms with E-state index < -0.39 is 0 Å². The molecular weight excluding hydrogens is 360 g/mol. The molecule has 146 valence electrons. The van der Waals surface area contributed by atoms with Crippen molar-refractivity contribution in [3.8, 4) is 0 Å². The molecule has 9 nitrogen and oxygen atoms in total. The first kappa shape index (κ1) is 18.0. The van der Waals surface area contributed by atoms with Gasteiger partial charge in [0.2, 0.25) is 5.95 Å². The van der Waals surface area contributed by atoms with E-state index >= 15 is 0 Å². The maximum atomic E-state index is 12.3. The Morgan fingerprint density at radius 1 is 1.14 bits per heavy atom. The Labute approximate surface area is 161 Å². The first-order valence-electron chi connectivity index (χ1n) is 9.26. The van der Waals surface area contributed by atoms with Crippen LogP contribution in [-0.4, -0.2) is 58.5 Å². The number of fused-ring (bicyclic) bond motifs is 1. The predicted molar refractivity (Wildman–Crippen MR) is 106 cm³/mol. The van der Waals surface area contributed by atoms with Gasteiger partial charge in [0.1, 0.15) is 5.39 Å². The summed E-state index contributed by atoms with van der Waals surface area (Å²) in [4.78, 5) is 35.8. The maximum Gasteiger partial charge on any atom is 0.338 e. The van der Waals surface area contributed by atoms with Gasteiger partial charge in [0, 0.05) is 38.9 Å². The Morgan fingerprint density at radius 3 is 2.50 bits per heavy atom. The average Bonchev–Trinajstić information content (AvgIpc) is 3.10. The largest absolute Gasteiger partial charge is 0.462 e. The Bertz CT molecular complexity index is 1050. The number of rotatable bonds is 4. The van der Waals surface area contributed by atoms with E-state index in [0.717, 1.165) is 31.9 Å². The SMILES string of the molecule is CCOC(=O)c1ccc(N2CCN(c3nc4c(cnn4C)c(=O)[nH]3)CC2)cc1. The molecule has 1 aromatic carbocycles. The first-order valence-corrected chi connectivity index (χ1v) is 9.26. The van der Waals surface area contributed by atoms with Gasteiger partial charge in [-0.2, -0.15) is 10.1 Å². The van der Waals surface area contributed by atoms with Crippen LogP contribution in [0, 0.1) is 0 Å². The molecule has 0 radical (unpaired) electrons. The third-order valence-corrected chi connectivity index (χ3v) is 4.91. The molecule has 0 spiro atoms. The van der Waals surface area contributed by atoms with Gasteiger partial charge in [-0.1, -0.05) is 0 Å². The second-order valence-corrected chi connectivity index (χ2v) is 6.64. The summed E-state index contributed by atoms with van der Waals surface area (Å²) < 4.78 is 6.62. The van der Waals surface area contributed by atoms with E-state index in [9.17, 15) is 9.59 Å². The van der Waals surface area contributed by atoms with Crippen LogP contribution >= 0.6 is 0 Å². The number of H-pyrrole nitrogens is 1. The molecule has 9 heteroatoms. The minimum atomic E-state index is -0.306. The van der Waals surface area contributed by atoms with Crippen molar-refractivity contribution in [2.75, 3.05) is 42.6 Å². The van der Waals surface area contributed by atoms with Gasteiger partial charge in [-0.3, -0.25) is 14.5 Å². The standard InChI is InChI=1S/C19H22N6O3/c1-3-28-18(27)13-4-6-14(7-5-13)24-8-10-25(11-9-24)19-21-16-15(17(26)22-19)12-20-23(16)2/h4-7,12H,3,8-11H2,1-2H3,(H,21,22,26). The molecule has 1 N–H and O–H groups in total.